The van der Waals surface area contributed by atoms with Crippen molar-refractivity contribution in [3.05, 3.63) is 107 Å². The Bertz CT molecular complexity index is 1150. The number of benzene rings is 3. The van der Waals surface area contributed by atoms with Gasteiger partial charge in [-0.1, -0.05) is 55.5 Å². The first-order valence-electron chi connectivity index (χ1n) is 10.3. The van der Waals surface area contributed by atoms with Gasteiger partial charge in [-0.3, -0.25) is 4.79 Å². The summed E-state index contributed by atoms with van der Waals surface area (Å²) < 4.78 is 14.3. The van der Waals surface area contributed by atoms with E-state index in [4.69, 9.17) is 0 Å². The molecule has 0 saturated heterocycles. The van der Waals surface area contributed by atoms with Gasteiger partial charge in [-0.05, 0) is 48.2 Å². The van der Waals surface area contributed by atoms with E-state index in [1.807, 2.05) is 48.7 Å². The molecule has 3 aromatic carbocycles. The second-order valence-corrected chi connectivity index (χ2v) is 7.48. The molecule has 0 atom stereocenters. The number of aromatic amines is 1. The van der Waals surface area contributed by atoms with E-state index >= 15 is 0 Å². The summed E-state index contributed by atoms with van der Waals surface area (Å²) in [4.78, 5) is 18.3. The Labute approximate surface area is 176 Å². The molecule has 1 N–H and O–H groups in total. The molecular formula is C26H25FN2O. The lowest BCUT2D eigenvalue weighted by atomic mass is 10.1. The van der Waals surface area contributed by atoms with Gasteiger partial charge in [0.2, 0.25) is 0 Å². The maximum absolute atomic E-state index is 14.3. The molecule has 1 aromatic heterocycles. The number of nitrogens with zero attached hydrogens (tertiary/aromatic N) is 1. The number of para-hydroxylation sites is 1. The summed E-state index contributed by atoms with van der Waals surface area (Å²) in [6.07, 6.45) is 3.61. The largest absolute Gasteiger partial charge is 0.361 e. The molecule has 0 aliphatic rings. The molecule has 1 amide bonds. The van der Waals surface area contributed by atoms with Crippen LogP contribution < -0.4 is 0 Å². The van der Waals surface area contributed by atoms with E-state index in [0.29, 0.717) is 24.1 Å². The van der Waals surface area contributed by atoms with E-state index in [2.05, 4.69) is 18.0 Å². The number of halogens is 1. The Hall–Kier alpha value is -3.40. The molecule has 0 bridgehead atoms. The summed E-state index contributed by atoms with van der Waals surface area (Å²) >= 11 is 0. The minimum atomic E-state index is -0.288. The van der Waals surface area contributed by atoms with Crippen LogP contribution in [0.2, 0.25) is 0 Å². The van der Waals surface area contributed by atoms with Crippen LogP contribution in [0.15, 0.2) is 79.0 Å². The number of hydrogen-bond donors (Lipinski definition) is 1. The Morgan fingerprint density at radius 3 is 2.43 bits per heavy atom. The third-order valence-corrected chi connectivity index (χ3v) is 5.54. The van der Waals surface area contributed by atoms with Gasteiger partial charge in [0.15, 0.2) is 0 Å². The van der Waals surface area contributed by atoms with Gasteiger partial charge in [0.1, 0.15) is 5.82 Å². The van der Waals surface area contributed by atoms with Crippen LogP contribution in [0.1, 0.15) is 34.0 Å². The molecule has 4 aromatic rings. The summed E-state index contributed by atoms with van der Waals surface area (Å²) in [6, 6.07) is 22.5. The molecule has 1 heterocycles. The van der Waals surface area contributed by atoms with Gasteiger partial charge in [0, 0.05) is 41.3 Å². The average molecular weight is 400 g/mol. The van der Waals surface area contributed by atoms with Crippen molar-refractivity contribution in [2.75, 3.05) is 6.54 Å². The van der Waals surface area contributed by atoms with Gasteiger partial charge >= 0.3 is 0 Å². The van der Waals surface area contributed by atoms with E-state index in [9.17, 15) is 9.18 Å². The van der Waals surface area contributed by atoms with Gasteiger partial charge in [-0.15, -0.1) is 0 Å². The summed E-state index contributed by atoms with van der Waals surface area (Å²) in [5.74, 6) is -0.371. The summed E-state index contributed by atoms with van der Waals surface area (Å²) in [5, 5.41) is 1.16. The molecule has 0 spiro atoms. The second-order valence-electron chi connectivity index (χ2n) is 7.48. The predicted octanol–water partition coefficient (Wildman–Crippen LogP) is 5.75. The molecule has 0 unspecified atom stereocenters. The SMILES string of the molecule is CCc1ccc(C(=O)N(CCc2c[nH]c3ccccc23)Cc2ccccc2F)cc1. The van der Waals surface area contributed by atoms with Crippen LogP contribution in [0.5, 0.6) is 0 Å². The Morgan fingerprint density at radius 1 is 0.933 bits per heavy atom. The molecule has 4 rings (SSSR count). The molecule has 0 saturated carbocycles. The van der Waals surface area contributed by atoms with Crippen molar-refractivity contribution in [1.29, 1.82) is 0 Å². The van der Waals surface area contributed by atoms with Gasteiger partial charge in [-0.25, -0.2) is 4.39 Å². The monoisotopic (exact) mass is 400 g/mol. The summed E-state index contributed by atoms with van der Waals surface area (Å²) in [6.45, 7) is 2.83. The van der Waals surface area contributed by atoms with Crippen molar-refractivity contribution >= 4 is 16.8 Å². The molecule has 3 nitrogen and oxygen atoms in total. The highest BCUT2D eigenvalue weighted by atomic mass is 19.1. The maximum atomic E-state index is 14.3. The van der Waals surface area contributed by atoms with Crippen molar-refractivity contribution in [3.63, 3.8) is 0 Å². The molecule has 152 valence electrons. The first kappa shape index (κ1) is 19.9. The minimum absolute atomic E-state index is 0.0826. The van der Waals surface area contributed by atoms with E-state index in [1.54, 1.807) is 23.1 Å². The molecule has 4 heteroatoms. The van der Waals surface area contributed by atoms with Gasteiger partial charge in [-0.2, -0.15) is 0 Å². The highest BCUT2D eigenvalue weighted by molar-refractivity contribution is 5.94. The Balaban J connectivity index is 1.59. The van der Waals surface area contributed by atoms with E-state index < -0.39 is 0 Å². The van der Waals surface area contributed by atoms with Crippen LogP contribution in [0.4, 0.5) is 4.39 Å². The number of aryl methyl sites for hydroxylation is 1. The molecule has 0 aliphatic heterocycles. The number of H-pyrrole nitrogens is 1. The average Bonchev–Trinajstić information content (AvgIpc) is 3.20. The zero-order valence-electron chi connectivity index (χ0n) is 17.1. The highest BCUT2D eigenvalue weighted by Crippen LogP contribution is 2.20. The fourth-order valence-electron chi connectivity index (χ4n) is 3.74. The number of hydrogen-bond acceptors (Lipinski definition) is 1. The zero-order valence-corrected chi connectivity index (χ0v) is 17.1. The van der Waals surface area contributed by atoms with Crippen LogP contribution in [0.3, 0.4) is 0 Å². The van der Waals surface area contributed by atoms with Crippen LogP contribution in [-0.4, -0.2) is 22.3 Å². The fraction of sp³-hybridized carbons (Fsp3) is 0.192. The van der Waals surface area contributed by atoms with Crippen molar-refractivity contribution in [1.82, 2.24) is 9.88 Å². The van der Waals surface area contributed by atoms with Gasteiger partial charge in [0.05, 0.1) is 0 Å². The summed E-state index contributed by atoms with van der Waals surface area (Å²) in [5.41, 5.74) is 4.57. The minimum Gasteiger partial charge on any atom is -0.361 e. The molecule has 0 aliphatic carbocycles. The van der Waals surface area contributed by atoms with Crippen molar-refractivity contribution in [3.8, 4) is 0 Å². The third kappa shape index (κ3) is 4.28. The topological polar surface area (TPSA) is 36.1 Å². The second kappa shape index (κ2) is 8.95. The summed E-state index contributed by atoms with van der Waals surface area (Å²) in [7, 11) is 0. The number of aromatic nitrogens is 1. The standard InChI is InChI=1S/C26H25FN2O/c1-2-19-11-13-20(14-12-19)26(30)29(18-22-7-3-5-9-24(22)27)16-15-21-17-28-25-10-6-4-8-23(21)25/h3-14,17,28H,2,15-16,18H2,1H3. The van der Waals surface area contributed by atoms with Crippen LogP contribution in [0, 0.1) is 5.82 Å². The normalized spacial score (nSPS) is 11.0. The smallest absolute Gasteiger partial charge is 0.254 e. The highest BCUT2D eigenvalue weighted by Gasteiger charge is 2.18. The quantitative estimate of drug-likeness (QED) is 0.421. The van der Waals surface area contributed by atoms with E-state index in [0.717, 1.165) is 22.9 Å². The lowest BCUT2D eigenvalue weighted by molar-refractivity contribution is 0.0743. The maximum Gasteiger partial charge on any atom is 0.254 e. The van der Waals surface area contributed by atoms with Crippen molar-refractivity contribution in [2.45, 2.75) is 26.3 Å². The van der Waals surface area contributed by atoms with E-state index in [-0.39, 0.29) is 18.3 Å². The van der Waals surface area contributed by atoms with Crippen LogP contribution in [-0.2, 0) is 19.4 Å². The predicted molar refractivity (Wildman–Crippen MR) is 119 cm³/mol. The lowest BCUT2D eigenvalue weighted by Crippen LogP contribution is -2.32. The van der Waals surface area contributed by atoms with Crippen molar-refractivity contribution in [2.24, 2.45) is 0 Å². The zero-order chi connectivity index (χ0) is 20.9. The number of nitrogens with one attached hydrogen (secondary N) is 1. The van der Waals surface area contributed by atoms with Crippen LogP contribution >= 0.6 is 0 Å². The number of fused-ring (bicyclic) bond motifs is 1. The third-order valence-electron chi connectivity index (χ3n) is 5.54. The molecule has 0 radical (unpaired) electrons. The number of carbonyl (C=O) groups excluding carboxylic acids is 1. The molecular weight excluding hydrogens is 375 g/mol. The number of rotatable bonds is 7. The van der Waals surface area contributed by atoms with Crippen molar-refractivity contribution < 1.29 is 9.18 Å². The van der Waals surface area contributed by atoms with E-state index in [1.165, 1.54) is 11.6 Å². The molecule has 30 heavy (non-hydrogen) atoms. The first-order valence-corrected chi connectivity index (χ1v) is 10.3. The molecule has 0 fully saturated rings. The van der Waals surface area contributed by atoms with Gasteiger partial charge < -0.3 is 9.88 Å². The lowest BCUT2D eigenvalue weighted by Gasteiger charge is -2.23. The van der Waals surface area contributed by atoms with Gasteiger partial charge in [0.25, 0.3) is 5.91 Å². The Kier molecular flexibility index (Phi) is 5.94. The number of carbonyl (C=O) groups is 1. The fourth-order valence-corrected chi connectivity index (χ4v) is 3.74. The number of amides is 1. The first-order chi connectivity index (χ1) is 14.7. The Morgan fingerprint density at radius 2 is 1.67 bits per heavy atom. The van der Waals surface area contributed by atoms with Crippen LogP contribution in [0.25, 0.3) is 10.9 Å².